The third kappa shape index (κ3) is 1.57. The van der Waals surface area contributed by atoms with Gasteiger partial charge in [-0.25, -0.2) is 4.98 Å². The lowest BCUT2D eigenvalue weighted by atomic mass is 10.1. The predicted molar refractivity (Wildman–Crippen MR) is 63.6 cm³/mol. The van der Waals surface area contributed by atoms with E-state index >= 15 is 0 Å². The number of pyridine rings is 1. The van der Waals surface area contributed by atoms with E-state index in [1.807, 2.05) is 25.1 Å². The largest absolute Gasteiger partial charge is 0.396 e. The Balaban J connectivity index is 2.89. The lowest BCUT2D eigenvalue weighted by Gasteiger charge is -2.04. The van der Waals surface area contributed by atoms with Crippen molar-refractivity contribution >= 4 is 44.1 Å². The zero-order chi connectivity index (χ0) is 10.3. The first-order valence-corrected chi connectivity index (χ1v) is 5.27. The monoisotopic (exact) mass is 270 g/mol. The molecule has 2 N–H and O–H groups in total. The van der Waals surface area contributed by atoms with Crippen molar-refractivity contribution in [1.82, 2.24) is 4.98 Å². The van der Waals surface area contributed by atoms with Crippen molar-refractivity contribution in [3.8, 4) is 0 Å². The topological polar surface area (TPSA) is 38.9 Å². The zero-order valence-electron chi connectivity index (χ0n) is 7.51. The van der Waals surface area contributed by atoms with Crippen LogP contribution in [-0.2, 0) is 0 Å². The summed E-state index contributed by atoms with van der Waals surface area (Å²) < 4.78 is 0.939. The van der Waals surface area contributed by atoms with Crippen LogP contribution in [0, 0.1) is 6.92 Å². The molecule has 2 rings (SSSR count). The van der Waals surface area contributed by atoms with E-state index in [0.717, 1.165) is 20.9 Å². The first kappa shape index (κ1) is 9.74. The second-order valence-corrected chi connectivity index (χ2v) is 4.40. The predicted octanol–water partition coefficient (Wildman–Crippen LogP) is 3.54. The standard InChI is InChI=1S/C10H8BrClN2/c1-5-2-6-4-8(13)10(12)14-9(6)7(11)3-5/h2-4H,13H2,1H3. The summed E-state index contributed by atoms with van der Waals surface area (Å²) in [6, 6.07) is 5.87. The summed E-state index contributed by atoms with van der Waals surface area (Å²) in [4.78, 5) is 4.21. The van der Waals surface area contributed by atoms with Crippen LogP contribution in [-0.4, -0.2) is 4.98 Å². The molecule has 0 atom stereocenters. The molecule has 0 aliphatic rings. The fraction of sp³-hybridized carbons (Fsp3) is 0.100. The summed E-state index contributed by atoms with van der Waals surface area (Å²) in [7, 11) is 0. The Kier molecular flexibility index (Phi) is 2.37. The smallest absolute Gasteiger partial charge is 0.152 e. The first-order valence-electron chi connectivity index (χ1n) is 4.10. The molecule has 1 aromatic heterocycles. The first-order chi connectivity index (χ1) is 6.58. The summed E-state index contributed by atoms with van der Waals surface area (Å²) in [5, 5.41) is 1.35. The van der Waals surface area contributed by atoms with Crippen LogP contribution in [0.5, 0.6) is 0 Å². The highest BCUT2D eigenvalue weighted by Gasteiger charge is 2.05. The summed E-state index contributed by atoms with van der Waals surface area (Å²) in [6.45, 7) is 2.02. The van der Waals surface area contributed by atoms with Crippen molar-refractivity contribution < 1.29 is 0 Å². The third-order valence-electron chi connectivity index (χ3n) is 2.00. The fourth-order valence-corrected chi connectivity index (χ4v) is 2.20. The molecule has 2 nitrogen and oxygen atoms in total. The molecule has 2 aromatic rings. The molecule has 0 bridgehead atoms. The number of halogens is 2. The maximum absolute atomic E-state index is 5.84. The molecule has 4 heteroatoms. The average Bonchev–Trinajstić information content (AvgIpc) is 2.08. The summed E-state index contributed by atoms with van der Waals surface area (Å²) in [6.07, 6.45) is 0. The van der Waals surface area contributed by atoms with E-state index in [-0.39, 0.29) is 0 Å². The van der Waals surface area contributed by atoms with Crippen LogP contribution < -0.4 is 5.73 Å². The molecule has 0 saturated carbocycles. The molecule has 0 aliphatic heterocycles. The molecule has 0 aliphatic carbocycles. The number of aromatic nitrogens is 1. The summed E-state index contributed by atoms with van der Waals surface area (Å²) in [5.74, 6) is 0. The molecule has 0 radical (unpaired) electrons. The van der Waals surface area contributed by atoms with Gasteiger partial charge in [0.1, 0.15) is 0 Å². The van der Waals surface area contributed by atoms with Crippen LogP contribution in [0.4, 0.5) is 5.69 Å². The number of anilines is 1. The highest BCUT2D eigenvalue weighted by atomic mass is 79.9. The maximum atomic E-state index is 5.84. The van der Waals surface area contributed by atoms with Gasteiger partial charge in [0.15, 0.2) is 5.15 Å². The normalized spacial score (nSPS) is 10.8. The molecule has 1 heterocycles. The van der Waals surface area contributed by atoms with E-state index in [1.54, 1.807) is 0 Å². The van der Waals surface area contributed by atoms with Crippen LogP contribution in [0.25, 0.3) is 10.9 Å². The van der Waals surface area contributed by atoms with Crippen LogP contribution in [0.3, 0.4) is 0 Å². The number of rotatable bonds is 0. The van der Waals surface area contributed by atoms with E-state index in [9.17, 15) is 0 Å². The lowest BCUT2D eigenvalue weighted by Crippen LogP contribution is -1.91. The lowest BCUT2D eigenvalue weighted by molar-refractivity contribution is 1.38. The fourth-order valence-electron chi connectivity index (χ4n) is 1.38. The van der Waals surface area contributed by atoms with Crippen LogP contribution in [0.15, 0.2) is 22.7 Å². The minimum Gasteiger partial charge on any atom is -0.396 e. The number of fused-ring (bicyclic) bond motifs is 1. The van der Waals surface area contributed by atoms with Gasteiger partial charge in [0, 0.05) is 9.86 Å². The molecular formula is C10H8BrClN2. The van der Waals surface area contributed by atoms with Gasteiger partial charge in [0.25, 0.3) is 0 Å². The van der Waals surface area contributed by atoms with Crippen molar-refractivity contribution in [2.75, 3.05) is 5.73 Å². The molecular weight excluding hydrogens is 263 g/mol. The van der Waals surface area contributed by atoms with E-state index in [4.69, 9.17) is 17.3 Å². The Bertz CT molecular complexity index is 511. The van der Waals surface area contributed by atoms with Gasteiger partial charge in [-0.2, -0.15) is 0 Å². The highest BCUT2D eigenvalue weighted by Crippen LogP contribution is 2.28. The number of hydrogen-bond acceptors (Lipinski definition) is 2. The SMILES string of the molecule is Cc1cc(Br)c2nc(Cl)c(N)cc2c1. The van der Waals surface area contributed by atoms with Crippen molar-refractivity contribution in [2.45, 2.75) is 6.92 Å². The number of nitrogen functional groups attached to an aromatic ring is 1. The second-order valence-electron chi connectivity index (χ2n) is 3.19. The van der Waals surface area contributed by atoms with Crippen molar-refractivity contribution in [3.63, 3.8) is 0 Å². The Labute approximate surface area is 95.2 Å². The van der Waals surface area contributed by atoms with Gasteiger partial charge in [0.05, 0.1) is 11.2 Å². The van der Waals surface area contributed by atoms with Gasteiger partial charge in [-0.15, -0.1) is 0 Å². The summed E-state index contributed by atoms with van der Waals surface area (Å²) >= 11 is 9.29. The number of hydrogen-bond donors (Lipinski definition) is 1. The van der Waals surface area contributed by atoms with Crippen molar-refractivity contribution in [3.05, 3.63) is 33.4 Å². The summed E-state index contributed by atoms with van der Waals surface area (Å²) in [5.41, 5.74) is 8.19. The minimum atomic E-state index is 0.349. The van der Waals surface area contributed by atoms with Crippen molar-refractivity contribution in [2.24, 2.45) is 0 Å². The average molecular weight is 272 g/mol. The zero-order valence-corrected chi connectivity index (χ0v) is 9.85. The van der Waals surface area contributed by atoms with Gasteiger partial charge < -0.3 is 5.73 Å². The van der Waals surface area contributed by atoms with Gasteiger partial charge in [0.2, 0.25) is 0 Å². The second kappa shape index (κ2) is 3.41. The van der Waals surface area contributed by atoms with E-state index in [1.165, 1.54) is 0 Å². The van der Waals surface area contributed by atoms with E-state index in [0.29, 0.717) is 10.8 Å². The Morgan fingerprint density at radius 3 is 2.79 bits per heavy atom. The molecule has 1 aromatic carbocycles. The molecule has 0 amide bonds. The maximum Gasteiger partial charge on any atom is 0.152 e. The molecule has 72 valence electrons. The highest BCUT2D eigenvalue weighted by molar-refractivity contribution is 9.10. The number of benzene rings is 1. The van der Waals surface area contributed by atoms with Gasteiger partial charge >= 0.3 is 0 Å². The number of nitrogens with two attached hydrogens (primary N) is 1. The number of aryl methyl sites for hydroxylation is 1. The van der Waals surface area contributed by atoms with Crippen LogP contribution in [0.1, 0.15) is 5.56 Å². The molecule has 0 saturated heterocycles. The van der Waals surface area contributed by atoms with Crippen molar-refractivity contribution in [1.29, 1.82) is 0 Å². The minimum absolute atomic E-state index is 0.349. The third-order valence-corrected chi connectivity index (χ3v) is 2.90. The van der Waals surface area contributed by atoms with Gasteiger partial charge in [-0.3, -0.25) is 0 Å². The number of nitrogens with zero attached hydrogens (tertiary/aromatic N) is 1. The van der Waals surface area contributed by atoms with Crippen LogP contribution in [0.2, 0.25) is 5.15 Å². The molecule has 14 heavy (non-hydrogen) atoms. The van der Waals surface area contributed by atoms with Crippen LogP contribution >= 0.6 is 27.5 Å². The Morgan fingerprint density at radius 1 is 1.36 bits per heavy atom. The molecule has 0 spiro atoms. The van der Waals surface area contributed by atoms with E-state index in [2.05, 4.69) is 20.9 Å². The molecule has 0 fully saturated rings. The van der Waals surface area contributed by atoms with E-state index < -0.39 is 0 Å². The van der Waals surface area contributed by atoms with Gasteiger partial charge in [-0.05, 0) is 46.6 Å². The molecule has 0 unspecified atom stereocenters. The Hall–Kier alpha value is -0.800. The van der Waals surface area contributed by atoms with Gasteiger partial charge in [-0.1, -0.05) is 11.6 Å². The Morgan fingerprint density at radius 2 is 2.07 bits per heavy atom. The quantitative estimate of drug-likeness (QED) is 0.744.